The number of benzene rings is 1. The summed E-state index contributed by atoms with van der Waals surface area (Å²) in [6, 6.07) is 11.9. The van der Waals surface area contributed by atoms with E-state index >= 15 is 0 Å². The van der Waals surface area contributed by atoms with Crippen molar-refractivity contribution >= 4 is 11.6 Å². The van der Waals surface area contributed by atoms with Crippen molar-refractivity contribution in [3.05, 3.63) is 58.5 Å². The number of nitrogens with one attached hydrogen (secondary N) is 1. The Kier molecular flexibility index (Phi) is 4.24. The first kappa shape index (κ1) is 12.2. The van der Waals surface area contributed by atoms with E-state index in [0.29, 0.717) is 0 Å². The van der Waals surface area contributed by atoms with Gasteiger partial charge in [0.25, 0.3) is 0 Å². The van der Waals surface area contributed by atoms with E-state index in [4.69, 9.17) is 16.0 Å². The molecule has 0 saturated heterocycles. The van der Waals surface area contributed by atoms with E-state index in [2.05, 4.69) is 11.4 Å². The fourth-order valence-corrected chi connectivity index (χ4v) is 1.95. The largest absolute Gasteiger partial charge is 0.465 e. The molecule has 0 saturated carbocycles. The number of halogens is 1. The monoisotopic (exact) mass is 249 g/mol. The molecule has 1 aromatic carbocycles. The van der Waals surface area contributed by atoms with Gasteiger partial charge in [-0.3, -0.25) is 0 Å². The lowest BCUT2D eigenvalue weighted by Gasteiger charge is -2.04. The molecule has 0 unspecified atom stereocenters. The van der Waals surface area contributed by atoms with Gasteiger partial charge < -0.3 is 9.73 Å². The van der Waals surface area contributed by atoms with Gasteiger partial charge in [0.1, 0.15) is 11.5 Å². The lowest BCUT2D eigenvalue weighted by molar-refractivity contribution is 0.463. The molecule has 0 amide bonds. The third kappa shape index (κ3) is 3.62. The molecule has 1 aromatic heterocycles. The van der Waals surface area contributed by atoms with E-state index in [9.17, 15) is 0 Å². The van der Waals surface area contributed by atoms with E-state index in [1.165, 1.54) is 5.56 Å². The molecule has 0 spiro atoms. The van der Waals surface area contributed by atoms with Crippen LogP contribution in [0.1, 0.15) is 17.1 Å². The maximum absolute atomic E-state index is 6.08. The molecule has 0 radical (unpaired) electrons. The minimum atomic E-state index is 0.762. The van der Waals surface area contributed by atoms with Crippen LogP contribution in [0.2, 0.25) is 5.02 Å². The lowest BCUT2D eigenvalue weighted by Crippen LogP contribution is -2.16. The Balaban J connectivity index is 1.75. The van der Waals surface area contributed by atoms with Crippen molar-refractivity contribution in [2.24, 2.45) is 0 Å². The molecule has 0 fully saturated rings. The summed E-state index contributed by atoms with van der Waals surface area (Å²) >= 11 is 6.08. The van der Waals surface area contributed by atoms with Gasteiger partial charge >= 0.3 is 0 Å². The van der Waals surface area contributed by atoms with Gasteiger partial charge in [-0.05, 0) is 43.7 Å². The fraction of sp³-hybridized carbons (Fsp3) is 0.286. The summed E-state index contributed by atoms with van der Waals surface area (Å²) in [7, 11) is 0. The number of hydrogen-bond acceptors (Lipinski definition) is 2. The zero-order valence-electron chi connectivity index (χ0n) is 9.87. The highest BCUT2D eigenvalue weighted by atomic mass is 35.5. The SMILES string of the molecule is Cc1ccc(CNCCc2ccccc2Cl)o1. The predicted molar refractivity (Wildman–Crippen MR) is 70.3 cm³/mol. The molecule has 1 heterocycles. The van der Waals surface area contributed by atoms with Gasteiger partial charge in [-0.2, -0.15) is 0 Å². The van der Waals surface area contributed by atoms with Crippen molar-refractivity contribution < 1.29 is 4.42 Å². The summed E-state index contributed by atoms with van der Waals surface area (Å²) < 4.78 is 5.47. The Morgan fingerprint density at radius 2 is 2.00 bits per heavy atom. The van der Waals surface area contributed by atoms with Crippen LogP contribution in [-0.2, 0) is 13.0 Å². The first-order valence-corrected chi connectivity index (χ1v) is 6.13. The van der Waals surface area contributed by atoms with E-state index in [1.54, 1.807) is 0 Å². The zero-order valence-corrected chi connectivity index (χ0v) is 10.6. The molecule has 0 aliphatic carbocycles. The average molecular weight is 250 g/mol. The highest BCUT2D eigenvalue weighted by molar-refractivity contribution is 6.31. The molecule has 0 aliphatic rings. The normalized spacial score (nSPS) is 10.7. The van der Waals surface area contributed by atoms with E-state index in [0.717, 1.165) is 36.1 Å². The minimum absolute atomic E-state index is 0.762. The molecule has 17 heavy (non-hydrogen) atoms. The Hall–Kier alpha value is -1.25. The topological polar surface area (TPSA) is 25.2 Å². The lowest BCUT2D eigenvalue weighted by atomic mass is 10.1. The Bertz CT molecular complexity index is 479. The van der Waals surface area contributed by atoms with Crippen LogP contribution in [0.5, 0.6) is 0 Å². The number of aryl methyl sites for hydroxylation is 1. The summed E-state index contributed by atoms with van der Waals surface area (Å²) in [6.45, 7) is 3.61. The van der Waals surface area contributed by atoms with Gasteiger partial charge in [0.05, 0.1) is 6.54 Å². The summed E-state index contributed by atoms with van der Waals surface area (Å²) in [6.07, 6.45) is 0.930. The maximum atomic E-state index is 6.08. The number of hydrogen-bond donors (Lipinski definition) is 1. The second-order valence-corrected chi connectivity index (χ2v) is 4.44. The molecule has 90 valence electrons. The first-order chi connectivity index (χ1) is 8.25. The highest BCUT2D eigenvalue weighted by Crippen LogP contribution is 2.14. The van der Waals surface area contributed by atoms with Crippen LogP contribution < -0.4 is 5.32 Å². The second kappa shape index (κ2) is 5.89. The van der Waals surface area contributed by atoms with Crippen molar-refractivity contribution in [1.82, 2.24) is 5.32 Å². The van der Waals surface area contributed by atoms with Crippen LogP contribution in [0.15, 0.2) is 40.8 Å². The van der Waals surface area contributed by atoms with Crippen molar-refractivity contribution in [2.75, 3.05) is 6.54 Å². The van der Waals surface area contributed by atoms with Gasteiger partial charge in [-0.15, -0.1) is 0 Å². The van der Waals surface area contributed by atoms with E-state index in [1.807, 2.05) is 37.3 Å². The molecule has 0 bridgehead atoms. The van der Waals surface area contributed by atoms with Gasteiger partial charge in [0, 0.05) is 5.02 Å². The third-order valence-corrected chi connectivity index (χ3v) is 2.99. The first-order valence-electron chi connectivity index (χ1n) is 5.75. The molecule has 0 atom stereocenters. The molecule has 3 heteroatoms. The number of rotatable bonds is 5. The Labute approximate surface area is 107 Å². The van der Waals surface area contributed by atoms with Crippen LogP contribution in [0, 0.1) is 6.92 Å². The zero-order chi connectivity index (χ0) is 12.1. The molecule has 1 N–H and O–H groups in total. The smallest absolute Gasteiger partial charge is 0.117 e. The van der Waals surface area contributed by atoms with Crippen molar-refractivity contribution in [3.63, 3.8) is 0 Å². The van der Waals surface area contributed by atoms with E-state index in [-0.39, 0.29) is 0 Å². The van der Waals surface area contributed by atoms with E-state index < -0.39 is 0 Å². The molecular weight excluding hydrogens is 234 g/mol. The van der Waals surface area contributed by atoms with Crippen LogP contribution in [-0.4, -0.2) is 6.54 Å². The minimum Gasteiger partial charge on any atom is -0.465 e. The van der Waals surface area contributed by atoms with Crippen LogP contribution in [0.25, 0.3) is 0 Å². The van der Waals surface area contributed by atoms with Gasteiger partial charge in [-0.25, -0.2) is 0 Å². The number of furan rings is 1. The second-order valence-electron chi connectivity index (χ2n) is 4.03. The molecule has 2 nitrogen and oxygen atoms in total. The Morgan fingerprint density at radius 1 is 1.18 bits per heavy atom. The van der Waals surface area contributed by atoms with Crippen molar-refractivity contribution in [2.45, 2.75) is 19.9 Å². The van der Waals surface area contributed by atoms with Crippen molar-refractivity contribution in [3.8, 4) is 0 Å². The predicted octanol–water partition coefficient (Wildman–Crippen LogP) is 3.57. The molecular formula is C14H16ClNO. The van der Waals surface area contributed by atoms with Gasteiger partial charge in [0.2, 0.25) is 0 Å². The molecule has 0 aliphatic heterocycles. The van der Waals surface area contributed by atoms with Crippen LogP contribution in [0.3, 0.4) is 0 Å². The standard InChI is InChI=1S/C14H16ClNO/c1-11-6-7-13(17-11)10-16-9-8-12-4-2-3-5-14(12)15/h2-7,16H,8-10H2,1H3. The molecule has 2 rings (SSSR count). The maximum Gasteiger partial charge on any atom is 0.117 e. The van der Waals surface area contributed by atoms with Gasteiger partial charge in [-0.1, -0.05) is 29.8 Å². The average Bonchev–Trinajstić information content (AvgIpc) is 2.73. The third-order valence-electron chi connectivity index (χ3n) is 2.62. The van der Waals surface area contributed by atoms with Crippen LogP contribution >= 0.6 is 11.6 Å². The van der Waals surface area contributed by atoms with Crippen molar-refractivity contribution in [1.29, 1.82) is 0 Å². The fourth-order valence-electron chi connectivity index (χ4n) is 1.72. The highest BCUT2D eigenvalue weighted by Gasteiger charge is 2.00. The van der Waals surface area contributed by atoms with Crippen LogP contribution in [0.4, 0.5) is 0 Å². The summed E-state index contributed by atoms with van der Waals surface area (Å²) in [5.74, 6) is 1.93. The summed E-state index contributed by atoms with van der Waals surface area (Å²) in [5.41, 5.74) is 1.18. The molecule has 2 aromatic rings. The van der Waals surface area contributed by atoms with Gasteiger partial charge in [0.15, 0.2) is 0 Å². The summed E-state index contributed by atoms with van der Waals surface area (Å²) in [5, 5.41) is 4.17. The Morgan fingerprint density at radius 3 is 2.71 bits per heavy atom. The quantitative estimate of drug-likeness (QED) is 0.820. The summed E-state index contributed by atoms with van der Waals surface area (Å²) in [4.78, 5) is 0.